The van der Waals surface area contributed by atoms with Gasteiger partial charge in [0, 0.05) is 44.2 Å². The third-order valence-corrected chi connectivity index (χ3v) is 10.6. The minimum atomic E-state index is 0.903. The molecule has 11 aromatic rings. The van der Waals surface area contributed by atoms with Crippen LogP contribution < -0.4 is 0 Å². The Morgan fingerprint density at radius 3 is 1.34 bits per heavy atom. The average molecular weight is 677 g/mol. The van der Waals surface area contributed by atoms with Gasteiger partial charge in [-0.25, -0.2) is 4.98 Å². The fourth-order valence-corrected chi connectivity index (χ4v) is 8.32. The van der Waals surface area contributed by atoms with E-state index >= 15 is 0 Å². The maximum Gasteiger partial charge on any atom is 0.145 e. The standard InChI is InChI=1S/C49H32N4/c1-2-16-36(17-3-1)53-48-28-13-8-23-43(48)50-49(53)35-29-34(31-38(32-35)52-46-26-11-6-21-41(46)42-22-7-12-27-47(42)52)33-15-14-18-37(30-33)51-44-24-9-4-19-39(44)40-20-5-10-25-45(40)51/h1-32H. The third-order valence-electron chi connectivity index (χ3n) is 10.6. The summed E-state index contributed by atoms with van der Waals surface area (Å²) >= 11 is 0. The molecule has 0 fully saturated rings. The minimum Gasteiger partial charge on any atom is -0.309 e. The molecular weight excluding hydrogens is 645 g/mol. The highest BCUT2D eigenvalue weighted by Crippen LogP contribution is 2.39. The van der Waals surface area contributed by atoms with Crippen LogP contribution in [0.3, 0.4) is 0 Å². The molecule has 4 nitrogen and oxygen atoms in total. The summed E-state index contributed by atoms with van der Waals surface area (Å²) in [5, 5.41) is 4.98. The SMILES string of the molecule is c1ccc(-n2c(-c3cc(-c4cccc(-n5c6ccccc6c6ccccc65)c4)cc(-n4c5ccccc5c5ccccc54)c3)nc3ccccc32)cc1. The summed E-state index contributed by atoms with van der Waals surface area (Å²) in [6.45, 7) is 0. The van der Waals surface area contributed by atoms with Crippen LogP contribution in [0.2, 0.25) is 0 Å². The van der Waals surface area contributed by atoms with Gasteiger partial charge in [-0.3, -0.25) is 4.57 Å². The van der Waals surface area contributed by atoms with Crippen LogP contribution in [0.1, 0.15) is 0 Å². The molecule has 4 heteroatoms. The number of benzene rings is 8. The molecule has 0 saturated heterocycles. The number of aromatic nitrogens is 4. The number of para-hydroxylation sites is 7. The van der Waals surface area contributed by atoms with Gasteiger partial charge in [-0.1, -0.05) is 115 Å². The third kappa shape index (κ3) is 4.59. The molecule has 0 aliphatic carbocycles. The molecule has 53 heavy (non-hydrogen) atoms. The first-order valence-electron chi connectivity index (χ1n) is 18.1. The van der Waals surface area contributed by atoms with Crippen LogP contribution in [-0.4, -0.2) is 18.7 Å². The summed E-state index contributed by atoms with van der Waals surface area (Å²) < 4.78 is 7.09. The molecule has 0 atom stereocenters. The maximum atomic E-state index is 5.32. The van der Waals surface area contributed by atoms with Crippen LogP contribution in [0.25, 0.3) is 94.2 Å². The van der Waals surface area contributed by atoms with Crippen molar-refractivity contribution in [3.05, 3.63) is 194 Å². The predicted octanol–water partition coefficient (Wildman–Crippen LogP) is 12.6. The van der Waals surface area contributed by atoms with Crippen LogP contribution in [0, 0.1) is 0 Å². The van der Waals surface area contributed by atoms with Crippen molar-refractivity contribution in [3.63, 3.8) is 0 Å². The Kier molecular flexibility index (Phi) is 6.52. The van der Waals surface area contributed by atoms with E-state index in [1.54, 1.807) is 0 Å². The first-order valence-corrected chi connectivity index (χ1v) is 18.1. The Hall–Kier alpha value is -7.17. The van der Waals surface area contributed by atoms with Gasteiger partial charge in [0.05, 0.1) is 33.1 Å². The van der Waals surface area contributed by atoms with Crippen LogP contribution >= 0.6 is 0 Å². The molecule has 0 spiro atoms. The lowest BCUT2D eigenvalue weighted by Gasteiger charge is -2.16. The summed E-state index contributed by atoms with van der Waals surface area (Å²) in [4.78, 5) is 5.32. The highest BCUT2D eigenvalue weighted by Gasteiger charge is 2.19. The van der Waals surface area contributed by atoms with Gasteiger partial charge in [0.1, 0.15) is 5.82 Å². The van der Waals surface area contributed by atoms with Crippen LogP contribution in [-0.2, 0) is 0 Å². The molecule has 0 saturated carbocycles. The second-order valence-electron chi connectivity index (χ2n) is 13.7. The topological polar surface area (TPSA) is 27.7 Å². The van der Waals surface area contributed by atoms with Crippen LogP contribution in [0.15, 0.2) is 194 Å². The van der Waals surface area contributed by atoms with Crippen molar-refractivity contribution >= 4 is 54.6 Å². The molecule has 0 aliphatic heterocycles. The van der Waals surface area contributed by atoms with Gasteiger partial charge >= 0.3 is 0 Å². The Morgan fingerprint density at radius 2 is 0.736 bits per heavy atom. The first-order chi connectivity index (χ1) is 26.3. The number of imidazole rings is 1. The van der Waals surface area contributed by atoms with Crippen LogP contribution in [0.4, 0.5) is 0 Å². The van der Waals surface area contributed by atoms with E-state index in [1.807, 2.05) is 0 Å². The Bertz CT molecular complexity index is 3070. The van der Waals surface area contributed by atoms with E-state index in [0.29, 0.717) is 0 Å². The van der Waals surface area contributed by atoms with Crippen molar-refractivity contribution in [2.45, 2.75) is 0 Å². The molecule has 248 valence electrons. The highest BCUT2D eigenvalue weighted by atomic mass is 15.1. The summed E-state index contributed by atoms with van der Waals surface area (Å²) in [6.07, 6.45) is 0. The molecule has 0 aliphatic rings. The van der Waals surface area contributed by atoms with Gasteiger partial charge in [-0.2, -0.15) is 0 Å². The normalized spacial score (nSPS) is 11.8. The molecule has 3 aromatic heterocycles. The fraction of sp³-hybridized carbons (Fsp3) is 0. The zero-order valence-corrected chi connectivity index (χ0v) is 28.8. The molecule has 0 amide bonds. The molecule has 11 rings (SSSR count). The van der Waals surface area contributed by atoms with E-state index < -0.39 is 0 Å². The molecular formula is C49H32N4. The van der Waals surface area contributed by atoms with Gasteiger partial charge in [-0.15, -0.1) is 0 Å². The van der Waals surface area contributed by atoms with E-state index in [4.69, 9.17) is 4.98 Å². The number of hydrogen-bond acceptors (Lipinski definition) is 1. The van der Waals surface area contributed by atoms with Crippen molar-refractivity contribution in [3.8, 4) is 39.6 Å². The molecule has 0 N–H and O–H groups in total. The van der Waals surface area contributed by atoms with Gasteiger partial charge in [-0.05, 0) is 90.0 Å². The van der Waals surface area contributed by atoms with Gasteiger partial charge < -0.3 is 9.13 Å². The largest absolute Gasteiger partial charge is 0.309 e. The molecule has 0 radical (unpaired) electrons. The summed E-state index contributed by atoms with van der Waals surface area (Å²) in [5.41, 5.74) is 13.4. The first kappa shape index (κ1) is 29.5. The molecule has 0 unspecified atom stereocenters. The number of fused-ring (bicyclic) bond motifs is 7. The quantitative estimate of drug-likeness (QED) is 0.178. The summed E-state index contributed by atoms with van der Waals surface area (Å²) in [7, 11) is 0. The van der Waals surface area contributed by atoms with Gasteiger partial charge in [0.15, 0.2) is 0 Å². The lowest BCUT2D eigenvalue weighted by atomic mass is 10.0. The monoisotopic (exact) mass is 676 g/mol. The van der Waals surface area contributed by atoms with E-state index in [9.17, 15) is 0 Å². The van der Waals surface area contributed by atoms with Crippen LogP contribution in [0.5, 0.6) is 0 Å². The number of hydrogen-bond donors (Lipinski definition) is 0. The molecule has 3 heterocycles. The Balaban J connectivity index is 1.20. The van der Waals surface area contributed by atoms with Gasteiger partial charge in [0.2, 0.25) is 0 Å². The zero-order valence-electron chi connectivity index (χ0n) is 28.8. The predicted molar refractivity (Wildman–Crippen MR) is 221 cm³/mol. The van der Waals surface area contributed by atoms with E-state index in [0.717, 1.165) is 50.6 Å². The molecule has 0 bridgehead atoms. The second kappa shape index (κ2) is 11.7. The van der Waals surface area contributed by atoms with E-state index in [1.165, 1.54) is 43.6 Å². The van der Waals surface area contributed by atoms with Crippen molar-refractivity contribution < 1.29 is 0 Å². The highest BCUT2D eigenvalue weighted by molar-refractivity contribution is 6.10. The fourth-order valence-electron chi connectivity index (χ4n) is 8.32. The lowest BCUT2D eigenvalue weighted by molar-refractivity contribution is 1.10. The van der Waals surface area contributed by atoms with E-state index in [-0.39, 0.29) is 0 Å². The lowest BCUT2D eigenvalue weighted by Crippen LogP contribution is -2.00. The second-order valence-corrected chi connectivity index (χ2v) is 13.7. The Labute approximate surface area is 306 Å². The van der Waals surface area contributed by atoms with Crippen molar-refractivity contribution in [1.29, 1.82) is 0 Å². The van der Waals surface area contributed by atoms with Gasteiger partial charge in [0.25, 0.3) is 0 Å². The summed E-state index contributed by atoms with van der Waals surface area (Å²) in [5.74, 6) is 0.903. The molecule has 8 aromatic carbocycles. The zero-order chi connectivity index (χ0) is 34.9. The number of nitrogens with zero attached hydrogens (tertiary/aromatic N) is 4. The minimum absolute atomic E-state index is 0.903. The summed E-state index contributed by atoms with van der Waals surface area (Å²) in [6, 6.07) is 69.7. The van der Waals surface area contributed by atoms with Crippen molar-refractivity contribution in [2.75, 3.05) is 0 Å². The maximum absolute atomic E-state index is 5.32. The van der Waals surface area contributed by atoms with Crippen molar-refractivity contribution in [2.24, 2.45) is 0 Å². The Morgan fingerprint density at radius 1 is 0.283 bits per heavy atom. The number of rotatable bonds is 5. The van der Waals surface area contributed by atoms with Crippen molar-refractivity contribution in [1.82, 2.24) is 18.7 Å². The average Bonchev–Trinajstić information content (AvgIpc) is 3.89. The smallest absolute Gasteiger partial charge is 0.145 e. The van der Waals surface area contributed by atoms with E-state index in [2.05, 4.69) is 208 Å².